The van der Waals surface area contributed by atoms with Crippen LogP contribution in [0.5, 0.6) is 11.8 Å². The Morgan fingerprint density at radius 3 is 2.43 bits per heavy atom. The van der Waals surface area contributed by atoms with Crippen LogP contribution in [0, 0.1) is 13.8 Å². The molecule has 0 fully saturated rings. The van der Waals surface area contributed by atoms with Crippen molar-refractivity contribution < 1.29 is 4.74 Å². The molecule has 0 spiro atoms. The summed E-state index contributed by atoms with van der Waals surface area (Å²) in [6.07, 6.45) is 0. The SMILES string of the molecule is CCN(CC)c1nc(Cl)nc(Oc2ccc(C)cc2C)n1. The molecule has 0 atom stereocenters. The molecule has 0 saturated heterocycles. The minimum Gasteiger partial charge on any atom is -0.424 e. The smallest absolute Gasteiger partial charge is 0.328 e. The van der Waals surface area contributed by atoms with Gasteiger partial charge in [0.25, 0.3) is 0 Å². The summed E-state index contributed by atoms with van der Waals surface area (Å²) < 4.78 is 5.75. The Kier molecular flexibility index (Phi) is 4.96. The van der Waals surface area contributed by atoms with Gasteiger partial charge < -0.3 is 9.64 Å². The van der Waals surface area contributed by atoms with Crippen LogP contribution in [0.2, 0.25) is 5.28 Å². The highest BCUT2D eigenvalue weighted by atomic mass is 35.5. The number of halogens is 1. The van der Waals surface area contributed by atoms with Crippen LogP contribution < -0.4 is 9.64 Å². The summed E-state index contributed by atoms with van der Waals surface area (Å²) in [7, 11) is 0. The largest absolute Gasteiger partial charge is 0.424 e. The van der Waals surface area contributed by atoms with Crippen LogP contribution in [-0.4, -0.2) is 28.0 Å². The van der Waals surface area contributed by atoms with Gasteiger partial charge in [-0.1, -0.05) is 17.7 Å². The van der Waals surface area contributed by atoms with E-state index >= 15 is 0 Å². The molecular formula is C15H19ClN4O. The highest BCUT2D eigenvalue weighted by Crippen LogP contribution is 2.25. The monoisotopic (exact) mass is 306 g/mol. The van der Waals surface area contributed by atoms with Gasteiger partial charge in [0.15, 0.2) is 0 Å². The Hall–Kier alpha value is -1.88. The Balaban J connectivity index is 2.31. The predicted molar refractivity (Wildman–Crippen MR) is 84.4 cm³/mol. The highest BCUT2D eigenvalue weighted by Gasteiger charge is 2.12. The van der Waals surface area contributed by atoms with E-state index in [2.05, 4.69) is 15.0 Å². The molecule has 0 amide bonds. The normalized spacial score (nSPS) is 10.5. The summed E-state index contributed by atoms with van der Waals surface area (Å²) in [5, 5.41) is 0.131. The molecule has 1 aromatic heterocycles. The van der Waals surface area contributed by atoms with Gasteiger partial charge in [-0.3, -0.25) is 0 Å². The number of rotatable bonds is 5. The van der Waals surface area contributed by atoms with Crippen LogP contribution in [-0.2, 0) is 0 Å². The number of nitrogens with zero attached hydrogens (tertiary/aromatic N) is 4. The lowest BCUT2D eigenvalue weighted by Crippen LogP contribution is -2.24. The van der Waals surface area contributed by atoms with Crippen molar-refractivity contribution >= 4 is 17.5 Å². The first-order valence-corrected chi connectivity index (χ1v) is 7.33. The quantitative estimate of drug-likeness (QED) is 0.841. The van der Waals surface area contributed by atoms with Crippen molar-refractivity contribution in [3.8, 4) is 11.8 Å². The first kappa shape index (κ1) is 15.5. The summed E-state index contributed by atoms with van der Waals surface area (Å²) in [6.45, 7) is 9.67. The van der Waals surface area contributed by atoms with Crippen molar-refractivity contribution in [2.45, 2.75) is 27.7 Å². The fourth-order valence-electron chi connectivity index (χ4n) is 2.03. The molecule has 0 unspecified atom stereocenters. The number of benzene rings is 1. The second-order valence-corrected chi connectivity index (χ2v) is 5.07. The summed E-state index contributed by atoms with van der Waals surface area (Å²) in [4.78, 5) is 14.5. The Bertz CT molecular complexity index is 629. The third-order valence-electron chi connectivity index (χ3n) is 3.15. The molecule has 0 aliphatic heterocycles. The summed E-state index contributed by atoms with van der Waals surface area (Å²) in [6, 6.07) is 6.14. The first-order valence-electron chi connectivity index (χ1n) is 6.95. The average molecular weight is 307 g/mol. The van der Waals surface area contributed by atoms with Gasteiger partial charge in [0.1, 0.15) is 5.75 Å². The van der Waals surface area contributed by atoms with Crippen molar-refractivity contribution in [1.82, 2.24) is 15.0 Å². The number of hydrogen-bond donors (Lipinski definition) is 0. The van der Waals surface area contributed by atoms with Gasteiger partial charge in [0.2, 0.25) is 11.2 Å². The van der Waals surface area contributed by atoms with E-state index < -0.39 is 0 Å². The fraction of sp³-hybridized carbons (Fsp3) is 0.400. The van der Waals surface area contributed by atoms with E-state index in [-0.39, 0.29) is 11.3 Å². The Morgan fingerprint density at radius 2 is 1.81 bits per heavy atom. The summed E-state index contributed by atoms with van der Waals surface area (Å²) in [5.74, 6) is 1.24. The zero-order chi connectivity index (χ0) is 15.4. The van der Waals surface area contributed by atoms with E-state index in [1.54, 1.807) is 0 Å². The third kappa shape index (κ3) is 3.82. The maximum atomic E-state index is 5.97. The third-order valence-corrected chi connectivity index (χ3v) is 3.32. The lowest BCUT2D eigenvalue weighted by molar-refractivity contribution is 0.436. The second kappa shape index (κ2) is 6.72. The van der Waals surface area contributed by atoms with Gasteiger partial charge in [0.05, 0.1) is 0 Å². The van der Waals surface area contributed by atoms with E-state index in [1.165, 1.54) is 5.56 Å². The van der Waals surface area contributed by atoms with Crippen molar-refractivity contribution in [3.63, 3.8) is 0 Å². The number of hydrogen-bond acceptors (Lipinski definition) is 5. The molecule has 5 nitrogen and oxygen atoms in total. The van der Waals surface area contributed by atoms with E-state index in [4.69, 9.17) is 16.3 Å². The van der Waals surface area contributed by atoms with Gasteiger partial charge in [-0.05, 0) is 50.9 Å². The maximum absolute atomic E-state index is 5.97. The molecule has 0 saturated carbocycles. The first-order chi connectivity index (χ1) is 10.0. The van der Waals surface area contributed by atoms with Crippen LogP contribution in [0.25, 0.3) is 0 Å². The summed E-state index contributed by atoms with van der Waals surface area (Å²) >= 11 is 5.97. The van der Waals surface area contributed by atoms with Crippen LogP contribution in [0.4, 0.5) is 5.95 Å². The minimum absolute atomic E-state index is 0.131. The van der Waals surface area contributed by atoms with Crippen molar-refractivity contribution in [1.29, 1.82) is 0 Å². The molecule has 0 N–H and O–H groups in total. The molecule has 21 heavy (non-hydrogen) atoms. The predicted octanol–water partition coefficient (Wildman–Crippen LogP) is 3.78. The van der Waals surface area contributed by atoms with Crippen LogP contribution in [0.1, 0.15) is 25.0 Å². The lowest BCUT2D eigenvalue weighted by Gasteiger charge is -2.18. The number of aromatic nitrogens is 3. The zero-order valence-corrected chi connectivity index (χ0v) is 13.5. The van der Waals surface area contributed by atoms with Gasteiger partial charge in [-0.2, -0.15) is 15.0 Å². The highest BCUT2D eigenvalue weighted by molar-refractivity contribution is 6.28. The minimum atomic E-state index is 0.131. The Labute approximate surface area is 130 Å². The summed E-state index contributed by atoms with van der Waals surface area (Å²) in [5.41, 5.74) is 2.20. The molecule has 0 radical (unpaired) electrons. The van der Waals surface area contributed by atoms with Crippen molar-refractivity contribution in [2.75, 3.05) is 18.0 Å². The van der Waals surface area contributed by atoms with E-state index in [1.807, 2.05) is 50.8 Å². The number of anilines is 1. The maximum Gasteiger partial charge on any atom is 0.328 e. The second-order valence-electron chi connectivity index (χ2n) is 4.73. The number of aryl methyl sites for hydroxylation is 2. The molecule has 0 aliphatic carbocycles. The molecule has 6 heteroatoms. The van der Waals surface area contributed by atoms with Crippen molar-refractivity contribution in [3.05, 3.63) is 34.6 Å². The van der Waals surface area contributed by atoms with Crippen LogP contribution in [0.15, 0.2) is 18.2 Å². The molecule has 0 aliphatic rings. The standard InChI is InChI=1S/C15H19ClN4O/c1-5-20(6-2)14-17-13(16)18-15(19-14)21-12-8-7-10(3)9-11(12)4/h7-9H,5-6H2,1-4H3. The molecule has 2 aromatic rings. The average Bonchev–Trinajstić information content (AvgIpc) is 2.43. The van der Waals surface area contributed by atoms with E-state index in [0.29, 0.717) is 11.7 Å². The number of ether oxygens (including phenoxy) is 1. The molecule has 112 valence electrons. The molecule has 0 bridgehead atoms. The van der Waals surface area contributed by atoms with Gasteiger partial charge in [-0.15, -0.1) is 0 Å². The lowest BCUT2D eigenvalue weighted by atomic mass is 10.1. The van der Waals surface area contributed by atoms with E-state index in [9.17, 15) is 0 Å². The molecular weight excluding hydrogens is 288 g/mol. The van der Waals surface area contributed by atoms with Crippen LogP contribution >= 0.6 is 11.6 Å². The van der Waals surface area contributed by atoms with Gasteiger partial charge in [-0.25, -0.2) is 0 Å². The molecule has 2 rings (SSSR count). The molecule has 1 heterocycles. The van der Waals surface area contributed by atoms with Crippen molar-refractivity contribution in [2.24, 2.45) is 0 Å². The zero-order valence-electron chi connectivity index (χ0n) is 12.7. The van der Waals surface area contributed by atoms with Gasteiger partial charge in [0, 0.05) is 13.1 Å². The molecule has 1 aromatic carbocycles. The fourth-order valence-corrected chi connectivity index (χ4v) is 2.18. The van der Waals surface area contributed by atoms with Crippen LogP contribution in [0.3, 0.4) is 0 Å². The topological polar surface area (TPSA) is 51.1 Å². The van der Waals surface area contributed by atoms with E-state index in [0.717, 1.165) is 18.7 Å². The van der Waals surface area contributed by atoms with Gasteiger partial charge >= 0.3 is 6.01 Å². The Morgan fingerprint density at radius 1 is 1.10 bits per heavy atom.